The summed E-state index contributed by atoms with van der Waals surface area (Å²) in [6.45, 7) is 7.49. The van der Waals surface area contributed by atoms with Crippen molar-refractivity contribution in [3.8, 4) is 5.75 Å². The quantitative estimate of drug-likeness (QED) is 0.418. The second kappa shape index (κ2) is 13.2. The number of rotatable bonds is 12. The van der Waals surface area contributed by atoms with Crippen molar-refractivity contribution in [1.29, 1.82) is 0 Å². The zero-order valence-corrected chi connectivity index (χ0v) is 23.5. The maximum atomic E-state index is 13.6. The van der Waals surface area contributed by atoms with Crippen molar-refractivity contribution in [2.45, 2.75) is 40.3 Å². The van der Waals surface area contributed by atoms with Gasteiger partial charge in [-0.3, -0.25) is 13.9 Å². The van der Waals surface area contributed by atoms with E-state index in [9.17, 15) is 18.0 Å². The molecule has 2 aromatic rings. The lowest BCUT2D eigenvalue weighted by Gasteiger charge is -2.32. The monoisotopic (exact) mass is 557 g/mol. The third-order valence-electron chi connectivity index (χ3n) is 5.32. The number of carbonyl (C=O) groups excluding carboxylic acids is 2. The van der Waals surface area contributed by atoms with Crippen LogP contribution in [0.2, 0.25) is 10.0 Å². The van der Waals surface area contributed by atoms with Gasteiger partial charge in [0.1, 0.15) is 18.3 Å². The van der Waals surface area contributed by atoms with Crippen LogP contribution in [0.15, 0.2) is 42.5 Å². The second-order valence-corrected chi connectivity index (χ2v) is 11.5. The van der Waals surface area contributed by atoms with E-state index < -0.39 is 28.5 Å². The molecular weight excluding hydrogens is 525 g/mol. The number of sulfonamides is 1. The fourth-order valence-electron chi connectivity index (χ4n) is 3.40. The molecule has 2 aromatic carbocycles. The molecule has 2 amide bonds. The van der Waals surface area contributed by atoms with E-state index >= 15 is 0 Å². The normalized spacial score (nSPS) is 12.2. The van der Waals surface area contributed by atoms with E-state index in [4.69, 9.17) is 27.9 Å². The van der Waals surface area contributed by atoms with Crippen LogP contribution in [0.4, 0.5) is 5.69 Å². The molecule has 0 aliphatic carbocycles. The predicted molar refractivity (Wildman–Crippen MR) is 144 cm³/mol. The Kier molecular flexibility index (Phi) is 10.9. The molecule has 0 radical (unpaired) electrons. The number of halogens is 2. The molecule has 0 spiro atoms. The Bertz CT molecular complexity index is 1170. The highest BCUT2D eigenvalue weighted by atomic mass is 35.5. The molecule has 0 aromatic heterocycles. The van der Waals surface area contributed by atoms with Gasteiger partial charge in [0.05, 0.1) is 18.6 Å². The highest BCUT2D eigenvalue weighted by Crippen LogP contribution is 2.30. The van der Waals surface area contributed by atoms with Crippen LogP contribution in [0.1, 0.15) is 33.3 Å². The van der Waals surface area contributed by atoms with Gasteiger partial charge in [-0.2, -0.15) is 0 Å². The summed E-state index contributed by atoms with van der Waals surface area (Å²) in [5, 5.41) is 3.59. The number of hydrogen-bond donors (Lipinski definition) is 1. The molecule has 198 valence electrons. The van der Waals surface area contributed by atoms with E-state index in [2.05, 4.69) is 5.32 Å². The third-order valence-corrected chi connectivity index (χ3v) is 7.03. The first-order valence-corrected chi connectivity index (χ1v) is 14.2. The molecule has 0 aliphatic rings. The number of benzene rings is 2. The Morgan fingerprint density at radius 1 is 1.08 bits per heavy atom. The van der Waals surface area contributed by atoms with Gasteiger partial charge in [0, 0.05) is 23.1 Å². The average molecular weight is 559 g/mol. The van der Waals surface area contributed by atoms with E-state index in [1.807, 2.05) is 13.8 Å². The van der Waals surface area contributed by atoms with Crippen molar-refractivity contribution in [3.05, 3.63) is 58.1 Å². The van der Waals surface area contributed by atoms with E-state index in [0.29, 0.717) is 34.5 Å². The van der Waals surface area contributed by atoms with Gasteiger partial charge >= 0.3 is 0 Å². The molecule has 0 fully saturated rings. The van der Waals surface area contributed by atoms with Crippen LogP contribution >= 0.6 is 23.2 Å². The Balaban J connectivity index is 2.45. The van der Waals surface area contributed by atoms with Crippen molar-refractivity contribution in [1.82, 2.24) is 10.2 Å². The lowest BCUT2D eigenvalue weighted by molar-refractivity contribution is -0.139. The lowest BCUT2D eigenvalue weighted by atomic mass is 10.1. The van der Waals surface area contributed by atoms with Gasteiger partial charge in [0.25, 0.3) is 0 Å². The minimum Gasteiger partial charge on any atom is -0.492 e. The minimum absolute atomic E-state index is 0.0180. The summed E-state index contributed by atoms with van der Waals surface area (Å²) in [4.78, 5) is 27.9. The molecule has 0 bridgehead atoms. The first kappa shape index (κ1) is 29.7. The zero-order valence-electron chi connectivity index (χ0n) is 21.1. The van der Waals surface area contributed by atoms with Crippen LogP contribution in [0.3, 0.4) is 0 Å². The molecule has 36 heavy (non-hydrogen) atoms. The number of nitrogens with zero attached hydrogens (tertiary/aromatic N) is 2. The summed E-state index contributed by atoms with van der Waals surface area (Å²) in [6, 6.07) is 10.5. The molecule has 0 unspecified atom stereocenters. The molecule has 8 nitrogen and oxygen atoms in total. The summed E-state index contributed by atoms with van der Waals surface area (Å²) in [7, 11) is -3.88. The van der Waals surface area contributed by atoms with Crippen LogP contribution in [-0.4, -0.2) is 57.1 Å². The molecule has 0 heterocycles. The predicted octanol–water partition coefficient (Wildman–Crippen LogP) is 4.35. The molecule has 1 N–H and O–H groups in total. The van der Waals surface area contributed by atoms with Gasteiger partial charge in [-0.05, 0) is 49.6 Å². The molecule has 1 atom stereocenters. The van der Waals surface area contributed by atoms with Gasteiger partial charge in [-0.15, -0.1) is 0 Å². The van der Waals surface area contributed by atoms with Crippen molar-refractivity contribution in [3.63, 3.8) is 0 Å². The lowest BCUT2D eigenvalue weighted by Crippen LogP contribution is -2.51. The van der Waals surface area contributed by atoms with Crippen molar-refractivity contribution < 1.29 is 22.7 Å². The maximum absolute atomic E-state index is 13.6. The topological polar surface area (TPSA) is 96.0 Å². The summed E-state index contributed by atoms with van der Waals surface area (Å²) in [5.41, 5.74) is 0.801. The van der Waals surface area contributed by atoms with E-state index in [1.165, 1.54) is 4.90 Å². The number of para-hydroxylation sites is 2. The Labute approximate surface area is 223 Å². The summed E-state index contributed by atoms with van der Waals surface area (Å²) in [5.74, 6) is -0.396. The minimum atomic E-state index is -3.88. The number of amides is 2. The smallest absolute Gasteiger partial charge is 0.244 e. The SMILES string of the molecule is CCOc1ccccc1N(CC(=O)N(Cc1ccc(Cl)cc1Cl)[C@H](C)C(=O)NCC(C)C)S(C)(=O)=O. The van der Waals surface area contributed by atoms with Gasteiger partial charge in [-0.1, -0.05) is 55.2 Å². The van der Waals surface area contributed by atoms with E-state index in [0.717, 1.165) is 10.6 Å². The van der Waals surface area contributed by atoms with Crippen LogP contribution in [0, 0.1) is 5.92 Å². The third kappa shape index (κ3) is 8.28. The molecule has 11 heteroatoms. The molecule has 0 aliphatic heterocycles. The number of anilines is 1. The number of ether oxygens (including phenoxy) is 1. The molecule has 2 rings (SSSR count). The Hall–Kier alpha value is -2.49. The number of hydrogen-bond acceptors (Lipinski definition) is 5. The van der Waals surface area contributed by atoms with Gasteiger partial charge in [0.15, 0.2) is 0 Å². The first-order chi connectivity index (χ1) is 16.8. The first-order valence-electron chi connectivity index (χ1n) is 11.6. The largest absolute Gasteiger partial charge is 0.492 e. The fourth-order valence-corrected chi connectivity index (χ4v) is 4.73. The van der Waals surface area contributed by atoms with Crippen LogP contribution in [-0.2, 0) is 26.2 Å². The summed E-state index contributed by atoms with van der Waals surface area (Å²) in [6.07, 6.45) is 1.02. The van der Waals surface area contributed by atoms with Gasteiger partial charge < -0.3 is 15.0 Å². The highest BCUT2D eigenvalue weighted by molar-refractivity contribution is 7.92. The summed E-state index contributed by atoms with van der Waals surface area (Å²) >= 11 is 12.4. The second-order valence-electron chi connectivity index (χ2n) is 8.74. The Morgan fingerprint density at radius 3 is 2.33 bits per heavy atom. The number of carbonyl (C=O) groups is 2. The maximum Gasteiger partial charge on any atom is 0.244 e. The standard InChI is InChI=1S/C25H33Cl2N3O5S/c1-6-35-23-10-8-7-9-22(23)30(36(5,33)34)16-24(31)29(18(4)25(32)28-14-17(2)3)15-19-11-12-20(26)13-21(19)27/h7-13,17-18H,6,14-16H2,1-5H3,(H,28,32)/t18-/m1/s1. The van der Waals surface area contributed by atoms with Crippen molar-refractivity contribution in [2.75, 3.05) is 30.3 Å². The van der Waals surface area contributed by atoms with Gasteiger partial charge in [0.2, 0.25) is 21.8 Å². The summed E-state index contributed by atoms with van der Waals surface area (Å²) < 4.78 is 32.1. The fraction of sp³-hybridized carbons (Fsp3) is 0.440. The molecular formula is C25H33Cl2N3O5S. The van der Waals surface area contributed by atoms with E-state index in [1.54, 1.807) is 56.3 Å². The van der Waals surface area contributed by atoms with Crippen molar-refractivity contribution >= 4 is 50.7 Å². The number of nitrogens with one attached hydrogen (secondary N) is 1. The Morgan fingerprint density at radius 2 is 1.75 bits per heavy atom. The van der Waals surface area contributed by atoms with Crippen molar-refractivity contribution in [2.24, 2.45) is 5.92 Å². The van der Waals surface area contributed by atoms with E-state index in [-0.39, 0.29) is 24.1 Å². The van der Waals surface area contributed by atoms with Crippen LogP contribution in [0.25, 0.3) is 0 Å². The highest BCUT2D eigenvalue weighted by Gasteiger charge is 2.31. The van der Waals surface area contributed by atoms with Gasteiger partial charge in [-0.25, -0.2) is 8.42 Å². The zero-order chi connectivity index (χ0) is 27.0. The van der Waals surface area contributed by atoms with Crippen LogP contribution < -0.4 is 14.4 Å². The average Bonchev–Trinajstić information content (AvgIpc) is 2.80. The molecule has 0 saturated heterocycles. The molecule has 0 saturated carbocycles. The van der Waals surface area contributed by atoms with Crippen LogP contribution in [0.5, 0.6) is 5.75 Å².